The van der Waals surface area contributed by atoms with Crippen molar-refractivity contribution in [2.24, 2.45) is 0 Å². The molecule has 0 spiro atoms. The van der Waals surface area contributed by atoms with E-state index in [1.165, 1.54) is 22.5 Å². The van der Waals surface area contributed by atoms with Gasteiger partial charge in [-0.05, 0) is 35.0 Å². The molecule has 7 nitrogen and oxygen atoms in total. The normalized spacial score (nSPS) is 14.9. The maximum atomic E-state index is 13.6. The molecule has 1 heterocycles. The quantitative estimate of drug-likeness (QED) is 0.601. The van der Waals surface area contributed by atoms with Crippen molar-refractivity contribution >= 4 is 38.3 Å². The smallest absolute Gasteiger partial charge is 0.243 e. The number of amides is 2. The predicted molar refractivity (Wildman–Crippen MR) is 124 cm³/mol. The molecule has 0 bridgehead atoms. The zero-order chi connectivity index (χ0) is 23.4. The summed E-state index contributed by atoms with van der Waals surface area (Å²) in [5.74, 6) is -1.23. The lowest BCUT2D eigenvalue weighted by atomic mass is 10.1. The topological polar surface area (TPSA) is 86.8 Å². The molecule has 0 aliphatic carbocycles. The van der Waals surface area contributed by atoms with E-state index in [4.69, 9.17) is 0 Å². The molecule has 4 rings (SSSR count). The number of sulfonamides is 1. The van der Waals surface area contributed by atoms with Gasteiger partial charge in [-0.3, -0.25) is 9.59 Å². The molecular formula is C24H24FN3O4S. The van der Waals surface area contributed by atoms with E-state index in [1.54, 1.807) is 29.2 Å². The van der Waals surface area contributed by atoms with Crippen molar-refractivity contribution in [3.8, 4) is 0 Å². The number of anilines is 1. The summed E-state index contributed by atoms with van der Waals surface area (Å²) in [6.07, 6.45) is -0.111. The van der Waals surface area contributed by atoms with Gasteiger partial charge in [0, 0.05) is 39.0 Å². The predicted octanol–water partition coefficient (Wildman–Crippen LogP) is 3.23. The summed E-state index contributed by atoms with van der Waals surface area (Å²) < 4.78 is 41.1. The zero-order valence-corrected chi connectivity index (χ0v) is 18.7. The second kappa shape index (κ2) is 9.68. The first-order valence-corrected chi connectivity index (χ1v) is 12.1. The number of halogens is 1. The van der Waals surface area contributed by atoms with Crippen molar-refractivity contribution in [2.75, 3.05) is 31.5 Å². The molecule has 2 amide bonds. The van der Waals surface area contributed by atoms with Gasteiger partial charge in [0.05, 0.1) is 10.6 Å². The summed E-state index contributed by atoms with van der Waals surface area (Å²) in [5.41, 5.74) is 0.0717. The summed E-state index contributed by atoms with van der Waals surface area (Å²) >= 11 is 0. The van der Waals surface area contributed by atoms with Crippen LogP contribution in [0.15, 0.2) is 71.6 Å². The Balaban J connectivity index is 1.30. The number of para-hydroxylation sites is 1. The third-order valence-corrected chi connectivity index (χ3v) is 7.56. The van der Waals surface area contributed by atoms with E-state index in [0.717, 1.165) is 10.8 Å². The van der Waals surface area contributed by atoms with Crippen molar-refractivity contribution in [2.45, 2.75) is 17.7 Å². The Morgan fingerprint density at radius 1 is 0.848 bits per heavy atom. The van der Waals surface area contributed by atoms with Gasteiger partial charge < -0.3 is 10.2 Å². The fourth-order valence-electron chi connectivity index (χ4n) is 3.81. The molecule has 172 valence electrons. The zero-order valence-electron chi connectivity index (χ0n) is 17.9. The minimum absolute atomic E-state index is 0.0300. The molecule has 0 aromatic heterocycles. The third kappa shape index (κ3) is 5.20. The molecule has 1 saturated heterocycles. The highest BCUT2D eigenvalue weighted by Crippen LogP contribution is 2.23. The second-order valence-electron chi connectivity index (χ2n) is 7.82. The van der Waals surface area contributed by atoms with Gasteiger partial charge in [0.25, 0.3) is 0 Å². The summed E-state index contributed by atoms with van der Waals surface area (Å²) in [6, 6.07) is 18.4. The molecule has 33 heavy (non-hydrogen) atoms. The van der Waals surface area contributed by atoms with Crippen LogP contribution in [-0.4, -0.2) is 55.6 Å². The molecule has 0 atom stereocenters. The monoisotopic (exact) mass is 469 g/mol. The van der Waals surface area contributed by atoms with Crippen LogP contribution in [0.2, 0.25) is 0 Å². The number of piperazine rings is 1. The molecule has 3 aromatic carbocycles. The molecule has 1 aliphatic rings. The second-order valence-corrected chi connectivity index (χ2v) is 9.76. The van der Waals surface area contributed by atoms with E-state index in [-0.39, 0.29) is 55.5 Å². The lowest BCUT2D eigenvalue weighted by Gasteiger charge is -2.34. The maximum absolute atomic E-state index is 13.6. The van der Waals surface area contributed by atoms with E-state index in [9.17, 15) is 22.4 Å². The van der Waals surface area contributed by atoms with Gasteiger partial charge >= 0.3 is 0 Å². The maximum Gasteiger partial charge on any atom is 0.243 e. The fourth-order valence-corrected chi connectivity index (χ4v) is 5.27. The van der Waals surface area contributed by atoms with Crippen molar-refractivity contribution in [3.05, 3.63) is 72.5 Å². The molecule has 0 radical (unpaired) electrons. The van der Waals surface area contributed by atoms with Crippen molar-refractivity contribution < 1.29 is 22.4 Å². The number of carbonyl (C=O) groups excluding carboxylic acids is 2. The van der Waals surface area contributed by atoms with Gasteiger partial charge in [-0.25, -0.2) is 12.8 Å². The molecule has 0 saturated carbocycles. The molecular weight excluding hydrogens is 445 g/mol. The first kappa shape index (κ1) is 22.9. The Labute approximate surface area is 191 Å². The van der Waals surface area contributed by atoms with E-state index in [2.05, 4.69) is 5.32 Å². The molecule has 1 N–H and O–H groups in total. The standard InChI is InChI=1S/C24H24FN3O4S/c25-21-7-3-4-8-22(21)26-23(29)11-12-24(30)27-13-15-28(16-14-27)33(31,32)20-10-9-18-5-1-2-6-19(18)17-20/h1-10,17H,11-16H2,(H,26,29). The van der Waals surface area contributed by atoms with Crippen molar-refractivity contribution in [3.63, 3.8) is 0 Å². The van der Waals surface area contributed by atoms with E-state index in [0.29, 0.717) is 0 Å². The Morgan fingerprint density at radius 2 is 1.52 bits per heavy atom. The Morgan fingerprint density at radius 3 is 2.24 bits per heavy atom. The van der Waals surface area contributed by atoms with Crippen LogP contribution in [0.5, 0.6) is 0 Å². The SMILES string of the molecule is O=C(CCC(=O)N1CCN(S(=O)(=O)c2ccc3ccccc3c2)CC1)Nc1ccccc1F. The Kier molecular flexibility index (Phi) is 6.71. The molecule has 1 aliphatic heterocycles. The van der Waals surface area contributed by atoms with Gasteiger partial charge in [-0.1, -0.05) is 42.5 Å². The number of rotatable bonds is 6. The number of carbonyl (C=O) groups is 2. The van der Waals surface area contributed by atoms with Crippen LogP contribution in [0.25, 0.3) is 10.8 Å². The van der Waals surface area contributed by atoms with Gasteiger partial charge in [0.15, 0.2) is 0 Å². The molecule has 1 fully saturated rings. The number of benzene rings is 3. The molecule has 3 aromatic rings. The highest BCUT2D eigenvalue weighted by Gasteiger charge is 2.30. The van der Waals surface area contributed by atoms with Gasteiger partial charge in [-0.2, -0.15) is 4.31 Å². The molecule has 0 unspecified atom stereocenters. The highest BCUT2D eigenvalue weighted by molar-refractivity contribution is 7.89. The first-order chi connectivity index (χ1) is 15.8. The van der Waals surface area contributed by atoms with E-state index < -0.39 is 21.7 Å². The molecule has 9 heteroatoms. The number of nitrogens with zero attached hydrogens (tertiary/aromatic N) is 2. The third-order valence-electron chi connectivity index (χ3n) is 5.66. The number of hydrogen-bond acceptors (Lipinski definition) is 4. The summed E-state index contributed by atoms with van der Waals surface area (Å²) in [7, 11) is -3.67. The van der Waals surface area contributed by atoms with Crippen LogP contribution >= 0.6 is 0 Å². The summed E-state index contributed by atoms with van der Waals surface area (Å²) in [6.45, 7) is 0.867. The van der Waals surface area contributed by atoms with Crippen molar-refractivity contribution in [1.82, 2.24) is 9.21 Å². The summed E-state index contributed by atoms with van der Waals surface area (Å²) in [4.78, 5) is 26.3. The van der Waals surface area contributed by atoms with Crippen molar-refractivity contribution in [1.29, 1.82) is 0 Å². The van der Waals surface area contributed by atoms with Crippen LogP contribution in [0, 0.1) is 5.82 Å². The van der Waals surface area contributed by atoms with Gasteiger partial charge in [0.2, 0.25) is 21.8 Å². The Bertz CT molecular complexity index is 1290. The van der Waals surface area contributed by atoms with Crippen LogP contribution in [0.3, 0.4) is 0 Å². The lowest BCUT2D eigenvalue weighted by Crippen LogP contribution is -2.50. The Hall–Kier alpha value is -3.30. The van der Waals surface area contributed by atoms with Crippen LogP contribution < -0.4 is 5.32 Å². The fraction of sp³-hybridized carbons (Fsp3) is 0.250. The summed E-state index contributed by atoms with van der Waals surface area (Å²) in [5, 5.41) is 4.27. The van der Waals surface area contributed by atoms with Gasteiger partial charge in [-0.15, -0.1) is 0 Å². The largest absolute Gasteiger partial charge is 0.340 e. The lowest BCUT2D eigenvalue weighted by molar-refractivity contribution is -0.133. The number of fused-ring (bicyclic) bond motifs is 1. The first-order valence-electron chi connectivity index (χ1n) is 10.7. The number of nitrogens with one attached hydrogen (secondary N) is 1. The van der Waals surface area contributed by atoms with E-state index in [1.807, 2.05) is 24.3 Å². The average molecular weight is 470 g/mol. The highest BCUT2D eigenvalue weighted by atomic mass is 32.2. The minimum Gasteiger partial charge on any atom is -0.340 e. The van der Waals surface area contributed by atoms with Gasteiger partial charge in [0.1, 0.15) is 5.82 Å². The minimum atomic E-state index is -3.67. The van der Waals surface area contributed by atoms with E-state index >= 15 is 0 Å². The van der Waals surface area contributed by atoms with Crippen LogP contribution in [0.4, 0.5) is 10.1 Å². The number of hydrogen-bond donors (Lipinski definition) is 1. The van der Waals surface area contributed by atoms with Crippen LogP contribution in [0.1, 0.15) is 12.8 Å². The average Bonchev–Trinajstić information content (AvgIpc) is 2.83. The van der Waals surface area contributed by atoms with Crippen LogP contribution in [-0.2, 0) is 19.6 Å².